The van der Waals surface area contributed by atoms with Gasteiger partial charge in [0.25, 0.3) is 0 Å². The Morgan fingerprint density at radius 2 is 1.93 bits per heavy atom. The summed E-state index contributed by atoms with van der Waals surface area (Å²) in [7, 11) is 0. The van der Waals surface area contributed by atoms with Crippen LogP contribution in [0.3, 0.4) is 0 Å². The largest absolute Gasteiger partial charge is 0.459 e. The van der Waals surface area contributed by atoms with Crippen LogP contribution < -0.4 is 0 Å². The fraction of sp³-hybridized carbons (Fsp3) is 0.917. The van der Waals surface area contributed by atoms with Gasteiger partial charge < -0.3 is 9.84 Å². The molecule has 0 saturated heterocycles. The van der Waals surface area contributed by atoms with Gasteiger partial charge in [0, 0.05) is 0 Å². The molecular formula is C12H24O3. The third kappa shape index (κ3) is 5.17. The molecule has 0 radical (unpaired) electrons. The first-order valence-corrected chi connectivity index (χ1v) is 5.64. The number of ether oxygens (including phenoxy) is 1. The summed E-state index contributed by atoms with van der Waals surface area (Å²) in [6.45, 7) is 9.43. The lowest BCUT2D eigenvalue weighted by Gasteiger charge is -2.26. The third-order valence-electron chi connectivity index (χ3n) is 2.43. The van der Waals surface area contributed by atoms with Crippen molar-refractivity contribution in [1.29, 1.82) is 0 Å². The first-order valence-electron chi connectivity index (χ1n) is 5.64. The molecule has 0 spiro atoms. The summed E-state index contributed by atoms with van der Waals surface area (Å²) < 4.78 is 5.29. The van der Waals surface area contributed by atoms with Crippen LogP contribution in [0.15, 0.2) is 0 Å². The van der Waals surface area contributed by atoms with E-state index in [2.05, 4.69) is 6.92 Å². The Kier molecular flexibility index (Phi) is 5.88. The molecule has 0 amide bonds. The zero-order chi connectivity index (χ0) is 12.1. The SMILES string of the molecule is CCC[C@@H](C)[C@H](CO)OC(=O)C(C)(C)C. The summed E-state index contributed by atoms with van der Waals surface area (Å²) in [5, 5.41) is 9.16. The van der Waals surface area contributed by atoms with E-state index in [1.54, 1.807) is 0 Å². The Balaban J connectivity index is 4.27. The van der Waals surface area contributed by atoms with Gasteiger partial charge in [-0.1, -0.05) is 20.3 Å². The zero-order valence-corrected chi connectivity index (χ0v) is 10.5. The molecule has 90 valence electrons. The van der Waals surface area contributed by atoms with E-state index in [-0.39, 0.29) is 24.6 Å². The average Bonchev–Trinajstić information content (AvgIpc) is 2.12. The number of aliphatic hydroxyl groups is 1. The summed E-state index contributed by atoms with van der Waals surface area (Å²) in [5.41, 5.74) is -0.501. The molecule has 3 nitrogen and oxygen atoms in total. The molecule has 0 aromatic carbocycles. The Morgan fingerprint density at radius 1 is 1.40 bits per heavy atom. The molecule has 0 aliphatic carbocycles. The quantitative estimate of drug-likeness (QED) is 0.718. The van der Waals surface area contributed by atoms with Gasteiger partial charge >= 0.3 is 5.97 Å². The fourth-order valence-electron chi connectivity index (χ4n) is 1.29. The summed E-state index contributed by atoms with van der Waals surface area (Å²) in [6.07, 6.45) is 1.63. The molecule has 15 heavy (non-hydrogen) atoms. The normalized spacial score (nSPS) is 15.9. The van der Waals surface area contributed by atoms with E-state index in [0.29, 0.717) is 0 Å². The van der Waals surface area contributed by atoms with Crippen molar-refractivity contribution in [3.05, 3.63) is 0 Å². The number of carbonyl (C=O) groups excluding carboxylic acids is 1. The number of aliphatic hydroxyl groups excluding tert-OH is 1. The first-order chi connectivity index (χ1) is 6.82. The Morgan fingerprint density at radius 3 is 2.27 bits per heavy atom. The van der Waals surface area contributed by atoms with Crippen LogP contribution in [0.25, 0.3) is 0 Å². The zero-order valence-electron chi connectivity index (χ0n) is 10.5. The second kappa shape index (κ2) is 6.11. The Labute approximate surface area is 92.8 Å². The van der Waals surface area contributed by atoms with Crippen LogP contribution in [0.5, 0.6) is 0 Å². The predicted molar refractivity (Wildman–Crippen MR) is 60.5 cm³/mol. The molecule has 0 unspecified atom stereocenters. The van der Waals surface area contributed by atoms with Crippen molar-refractivity contribution in [3.63, 3.8) is 0 Å². The standard InChI is InChI=1S/C12H24O3/c1-6-7-9(2)10(8-13)15-11(14)12(3,4)5/h9-10,13H,6-8H2,1-5H3/t9-,10+/m1/s1. The molecule has 0 saturated carbocycles. The van der Waals surface area contributed by atoms with E-state index in [0.717, 1.165) is 12.8 Å². The molecule has 1 N–H and O–H groups in total. The summed E-state index contributed by atoms with van der Waals surface area (Å²) in [4.78, 5) is 11.6. The molecule has 0 aromatic rings. The molecule has 0 aliphatic rings. The third-order valence-corrected chi connectivity index (χ3v) is 2.43. The van der Waals surface area contributed by atoms with Crippen LogP contribution in [0.2, 0.25) is 0 Å². The highest BCUT2D eigenvalue weighted by molar-refractivity contribution is 5.75. The maximum absolute atomic E-state index is 11.6. The minimum absolute atomic E-state index is 0.0943. The smallest absolute Gasteiger partial charge is 0.311 e. The van der Waals surface area contributed by atoms with Gasteiger partial charge in [0.05, 0.1) is 12.0 Å². The summed E-state index contributed by atoms with van der Waals surface area (Å²) in [6, 6.07) is 0. The number of hydrogen-bond donors (Lipinski definition) is 1. The van der Waals surface area contributed by atoms with Gasteiger partial charge in [-0.2, -0.15) is 0 Å². The Hall–Kier alpha value is -0.570. The van der Waals surface area contributed by atoms with E-state index >= 15 is 0 Å². The molecule has 3 heteroatoms. The second-order valence-corrected chi connectivity index (χ2v) is 5.14. The van der Waals surface area contributed by atoms with Gasteiger partial charge in [-0.15, -0.1) is 0 Å². The topological polar surface area (TPSA) is 46.5 Å². The number of carbonyl (C=O) groups is 1. The van der Waals surface area contributed by atoms with Gasteiger partial charge in [0.15, 0.2) is 0 Å². The molecular weight excluding hydrogens is 192 g/mol. The van der Waals surface area contributed by atoms with Gasteiger partial charge in [-0.05, 0) is 33.1 Å². The van der Waals surface area contributed by atoms with Gasteiger partial charge in [0.1, 0.15) is 6.10 Å². The van der Waals surface area contributed by atoms with Gasteiger partial charge in [0.2, 0.25) is 0 Å². The van der Waals surface area contributed by atoms with E-state index < -0.39 is 5.41 Å². The summed E-state index contributed by atoms with van der Waals surface area (Å²) in [5.74, 6) is -0.0317. The monoisotopic (exact) mass is 216 g/mol. The van der Waals surface area contributed by atoms with Crippen molar-refractivity contribution >= 4 is 5.97 Å². The number of rotatable bonds is 5. The fourth-order valence-corrected chi connectivity index (χ4v) is 1.29. The summed E-state index contributed by atoms with van der Waals surface area (Å²) >= 11 is 0. The minimum atomic E-state index is -0.501. The van der Waals surface area contributed by atoms with Crippen LogP contribution in [-0.4, -0.2) is 23.8 Å². The van der Waals surface area contributed by atoms with E-state index in [9.17, 15) is 4.79 Å². The van der Waals surface area contributed by atoms with E-state index in [1.807, 2.05) is 27.7 Å². The highest BCUT2D eigenvalue weighted by atomic mass is 16.6. The molecule has 2 atom stereocenters. The molecule has 0 fully saturated rings. The van der Waals surface area contributed by atoms with Crippen molar-refractivity contribution < 1.29 is 14.6 Å². The van der Waals surface area contributed by atoms with E-state index in [4.69, 9.17) is 9.84 Å². The molecule has 0 aromatic heterocycles. The van der Waals surface area contributed by atoms with Crippen molar-refractivity contribution in [2.24, 2.45) is 11.3 Å². The molecule has 0 bridgehead atoms. The van der Waals surface area contributed by atoms with Crippen molar-refractivity contribution in [2.45, 2.75) is 53.6 Å². The van der Waals surface area contributed by atoms with E-state index in [1.165, 1.54) is 0 Å². The van der Waals surface area contributed by atoms with Gasteiger partial charge in [-0.3, -0.25) is 4.79 Å². The first kappa shape index (κ1) is 14.4. The average molecular weight is 216 g/mol. The lowest BCUT2D eigenvalue weighted by Crippen LogP contribution is -2.34. The lowest BCUT2D eigenvalue weighted by molar-refractivity contribution is -0.163. The van der Waals surface area contributed by atoms with Crippen molar-refractivity contribution in [1.82, 2.24) is 0 Å². The molecule has 0 aliphatic heterocycles. The highest BCUT2D eigenvalue weighted by Gasteiger charge is 2.28. The van der Waals surface area contributed by atoms with Crippen LogP contribution >= 0.6 is 0 Å². The minimum Gasteiger partial charge on any atom is -0.459 e. The van der Waals surface area contributed by atoms with Crippen molar-refractivity contribution in [2.75, 3.05) is 6.61 Å². The molecule has 0 rings (SSSR count). The lowest BCUT2D eigenvalue weighted by atomic mass is 9.96. The number of hydrogen-bond acceptors (Lipinski definition) is 3. The maximum Gasteiger partial charge on any atom is 0.311 e. The van der Waals surface area contributed by atoms with Crippen LogP contribution in [0.1, 0.15) is 47.5 Å². The van der Waals surface area contributed by atoms with Crippen LogP contribution in [0, 0.1) is 11.3 Å². The predicted octanol–water partition coefficient (Wildman–Crippen LogP) is 2.37. The van der Waals surface area contributed by atoms with Gasteiger partial charge in [-0.25, -0.2) is 0 Å². The molecule has 0 heterocycles. The van der Waals surface area contributed by atoms with Crippen LogP contribution in [0.4, 0.5) is 0 Å². The maximum atomic E-state index is 11.6. The van der Waals surface area contributed by atoms with Crippen LogP contribution in [-0.2, 0) is 9.53 Å². The second-order valence-electron chi connectivity index (χ2n) is 5.14. The Bertz CT molecular complexity index is 194. The highest BCUT2D eigenvalue weighted by Crippen LogP contribution is 2.20. The van der Waals surface area contributed by atoms with Crippen molar-refractivity contribution in [3.8, 4) is 0 Å². The number of esters is 1.